The van der Waals surface area contributed by atoms with Crippen molar-refractivity contribution in [3.63, 3.8) is 0 Å². The summed E-state index contributed by atoms with van der Waals surface area (Å²) in [6, 6.07) is 7.22. The fourth-order valence-electron chi connectivity index (χ4n) is 2.13. The van der Waals surface area contributed by atoms with Gasteiger partial charge in [0.25, 0.3) is 0 Å². The van der Waals surface area contributed by atoms with Gasteiger partial charge in [-0.3, -0.25) is 4.79 Å². The number of hydrogen-bond acceptors (Lipinski definition) is 4. The van der Waals surface area contributed by atoms with Crippen molar-refractivity contribution in [1.82, 2.24) is 0 Å². The molecule has 0 spiro atoms. The minimum Gasteiger partial charge on any atom is -0.493 e. The maximum absolute atomic E-state index is 12.3. The van der Waals surface area contributed by atoms with Crippen LogP contribution in [0.15, 0.2) is 34.9 Å². The van der Waals surface area contributed by atoms with Crippen LogP contribution < -0.4 is 9.47 Å². The molecule has 0 aliphatic heterocycles. The molecule has 0 unspecified atom stereocenters. The van der Waals surface area contributed by atoms with Crippen LogP contribution in [0, 0.1) is 0 Å². The molecule has 4 heteroatoms. The number of hydrogen-bond donors (Lipinski definition) is 0. The van der Waals surface area contributed by atoms with Crippen LogP contribution in [-0.4, -0.2) is 20.0 Å². The Morgan fingerprint density at radius 2 is 1.90 bits per heavy atom. The molecule has 0 saturated carbocycles. The van der Waals surface area contributed by atoms with Crippen LogP contribution in [0.25, 0.3) is 0 Å². The molecule has 2 rings (SSSR count). The summed E-state index contributed by atoms with van der Waals surface area (Å²) in [6.07, 6.45) is 2.58. The molecule has 0 amide bonds. The lowest BCUT2D eigenvalue weighted by Gasteiger charge is -2.09. The van der Waals surface area contributed by atoms with Crippen LogP contribution in [0.4, 0.5) is 0 Å². The van der Waals surface area contributed by atoms with Crippen molar-refractivity contribution in [3.05, 3.63) is 47.4 Å². The van der Waals surface area contributed by atoms with Crippen molar-refractivity contribution >= 4 is 5.78 Å². The van der Waals surface area contributed by atoms with E-state index in [9.17, 15) is 4.79 Å². The predicted molar refractivity (Wildman–Crippen MR) is 75.7 cm³/mol. The highest BCUT2D eigenvalue weighted by Gasteiger charge is 2.15. The van der Waals surface area contributed by atoms with Crippen molar-refractivity contribution in [1.29, 1.82) is 0 Å². The predicted octanol–water partition coefficient (Wildman–Crippen LogP) is 3.28. The molecule has 4 nitrogen and oxygen atoms in total. The average Bonchev–Trinajstić information content (AvgIpc) is 2.95. The van der Waals surface area contributed by atoms with Gasteiger partial charge in [0.05, 0.1) is 26.0 Å². The van der Waals surface area contributed by atoms with Crippen LogP contribution in [0.5, 0.6) is 11.5 Å². The molecule has 0 aliphatic rings. The highest BCUT2D eigenvalue weighted by Crippen LogP contribution is 2.28. The van der Waals surface area contributed by atoms with E-state index in [0.717, 1.165) is 11.3 Å². The zero-order chi connectivity index (χ0) is 14.5. The zero-order valence-corrected chi connectivity index (χ0v) is 11.9. The third-order valence-corrected chi connectivity index (χ3v) is 3.18. The van der Waals surface area contributed by atoms with Crippen molar-refractivity contribution < 1.29 is 18.7 Å². The van der Waals surface area contributed by atoms with E-state index in [1.54, 1.807) is 32.6 Å². The van der Waals surface area contributed by atoms with E-state index in [4.69, 9.17) is 13.9 Å². The molecule has 106 valence electrons. The second kappa shape index (κ2) is 6.28. The number of ether oxygens (including phenoxy) is 2. The molecular formula is C16H18O4. The quantitative estimate of drug-likeness (QED) is 0.758. The number of ketones is 1. The highest BCUT2D eigenvalue weighted by molar-refractivity contribution is 5.98. The fourth-order valence-corrected chi connectivity index (χ4v) is 2.13. The van der Waals surface area contributed by atoms with Crippen LogP contribution in [0.2, 0.25) is 0 Å². The largest absolute Gasteiger partial charge is 0.493 e. The van der Waals surface area contributed by atoms with E-state index in [-0.39, 0.29) is 5.78 Å². The molecule has 0 saturated heterocycles. The van der Waals surface area contributed by atoms with Gasteiger partial charge in [0.1, 0.15) is 5.76 Å². The fraction of sp³-hybridized carbons (Fsp3) is 0.312. The molecule has 0 fully saturated rings. The molecule has 0 atom stereocenters. The number of carbonyl (C=O) groups is 1. The molecule has 0 bridgehead atoms. The van der Waals surface area contributed by atoms with Crippen molar-refractivity contribution in [2.24, 2.45) is 0 Å². The van der Waals surface area contributed by atoms with E-state index in [1.807, 2.05) is 19.1 Å². The summed E-state index contributed by atoms with van der Waals surface area (Å²) < 4.78 is 15.7. The first kappa shape index (κ1) is 14.2. The van der Waals surface area contributed by atoms with E-state index >= 15 is 0 Å². The van der Waals surface area contributed by atoms with Crippen LogP contribution in [0.3, 0.4) is 0 Å². The van der Waals surface area contributed by atoms with Gasteiger partial charge in [0, 0.05) is 12.8 Å². The Balaban J connectivity index is 2.20. The summed E-state index contributed by atoms with van der Waals surface area (Å²) in [5.74, 6) is 2.06. The smallest absolute Gasteiger partial charge is 0.170 e. The highest BCUT2D eigenvalue weighted by atomic mass is 16.5. The van der Waals surface area contributed by atoms with Crippen LogP contribution >= 0.6 is 0 Å². The van der Waals surface area contributed by atoms with Gasteiger partial charge in [-0.25, -0.2) is 0 Å². The van der Waals surface area contributed by atoms with Crippen LogP contribution in [-0.2, 0) is 12.8 Å². The molecule has 2 aromatic rings. The molecule has 1 aromatic carbocycles. The molecular weight excluding hydrogens is 256 g/mol. The van der Waals surface area contributed by atoms with E-state index < -0.39 is 0 Å². The number of methoxy groups -OCH3 is 2. The second-order valence-corrected chi connectivity index (χ2v) is 4.40. The summed E-state index contributed by atoms with van der Waals surface area (Å²) >= 11 is 0. The Kier molecular flexibility index (Phi) is 4.45. The number of rotatable bonds is 6. The van der Waals surface area contributed by atoms with Gasteiger partial charge in [0.15, 0.2) is 17.3 Å². The van der Waals surface area contributed by atoms with Gasteiger partial charge >= 0.3 is 0 Å². The van der Waals surface area contributed by atoms with Gasteiger partial charge in [-0.1, -0.05) is 13.0 Å². The Labute approximate surface area is 118 Å². The van der Waals surface area contributed by atoms with E-state index in [1.165, 1.54) is 0 Å². The molecule has 1 aromatic heterocycles. The first-order valence-corrected chi connectivity index (χ1v) is 6.50. The van der Waals surface area contributed by atoms with Crippen molar-refractivity contribution in [3.8, 4) is 11.5 Å². The van der Waals surface area contributed by atoms with E-state index in [2.05, 4.69) is 0 Å². The Hall–Kier alpha value is -2.23. The number of Topliss-reactive ketones (excluding diaryl/α,β-unsaturated/α-hetero) is 1. The lowest BCUT2D eigenvalue weighted by molar-refractivity contribution is 0.0991. The number of aryl methyl sites for hydroxylation is 1. The maximum atomic E-state index is 12.3. The van der Waals surface area contributed by atoms with Gasteiger partial charge in [-0.2, -0.15) is 0 Å². The first-order valence-electron chi connectivity index (χ1n) is 6.50. The second-order valence-electron chi connectivity index (χ2n) is 4.40. The maximum Gasteiger partial charge on any atom is 0.170 e. The monoisotopic (exact) mass is 274 g/mol. The number of furan rings is 1. The van der Waals surface area contributed by atoms with Crippen LogP contribution in [0.1, 0.15) is 28.6 Å². The summed E-state index contributed by atoms with van der Waals surface area (Å²) in [5.41, 5.74) is 1.54. The molecule has 0 radical (unpaired) electrons. The summed E-state index contributed by atoms with van der Waals surface area (Å²) in [7, 11) is 3.16. The number of benzene rings is 1. The summed E-state index contributed by atoms with van der Waals surface area (Å²) in [6.45, 7) is 1.96. The standard InChI is InChI=1S/C16H18O4/c1-4-14-12(7-8-20-14)13(17)9-11-5-6-15(18-2)16(10-11)19-3/h5-8,10H,4,9H2,1-3H3. The Morgan fingerprint density at radius 3 is 2.55 bits per heavy atom. The topological polar surface area (TPSA) is 48.7 Å². The van der Waals surface area contributed by atoms with Gasteiger partial charge in [-0.05, 0) is 23.8 Å². The lowest BCUT2D eigenvalue weighted by Crippen LogP contribution is -2.05. The minimum atomic E-state index is 0.0443. The molecule has 0 aliphatic carbocycles. The zero-order valence-electron chi connectivity index (χ0n) is 11.9. The lowest BCUT2D eigenvalue weighted by atomic mass is 10.0. The third kappa shape index (κ3) is 2.85. The molecule has 20 heavy (non-hydrogen) atoms. The minimum absolute atomic E-state index is 0.0443. The van der Waals surface area contributed by atoms with E-state index in [0.29, 0.717) is 29.9 Å². The third-order valence-electron chi connectivity index (χ3n) is 3.18. The van der Waals surface area contributed by atoms with Gasteiger partial charge in [0.2, 0.25) is 0 Å². The van der Waals surface area contributed by atoms with Gasteiger partial charge in [-0.15, -0.1) is 0 Å². The van der Waals surface area contributed by atoms with Crippen molar-refractivity contribution in [2.45, 2.75) is 19.8 Å². The SMILES string of the molecule is CCc1occc1C(=O)Cc1ccc(OC)c(OC)c1. The summed E-state index contributed by atoms with van der Waals surface area (Å²) in [5, 5.41) is 0. The first-order chi connectivity index (χ1) is 9.69. The summed E-state index contributed by atoms with van der Waals surface area (Å²) in [4.78, 5) is 12.3. The molecule has 0 N–H and O–H groups in total. The van der Waals surface area contributed by atoms with Crippen molar-refractivity contribution in [2.75, 3.05) is 14.2 Å². The normalized spacial score (nSPS) is 10.3. The average molecular weight is 274 g/mol. The number of carbonyl (C=O) groups excluding carboxylic acids is 1. The van der Waals surface area contributed by atoms with Gasteiger partial charge < -0.3 is 13.9 Å². The molecule has 1 heterocycles. The Bertz CT molecular complexity index is 598. The Morgan fingerprint density at radius 1 is 1.15 bits per heavy atom.